The highest BCUT2D eigenvalue weighted by Crippen LogP contribution is 2.35. The number of nitrogens with zero attached hydrogens (tertiary/aromatic N) is 3. The number of aryl methyl sites for hydroxylation is 1. The minimum atomic E-state index is -2.51. The first kappa shape index (κ1) is 26.8. The van der Waals surface area contributed by atoms with Gasteiger partial charge in [-0.3, -0.25) is 14.8 Å². The Morgan fingerprint density at radius 1 is 1.11 bits per heavy atom. The fourth-order valence-electron chi connectivity index (χ4n) is 6.29. The van der Waals surface area contributed by atoms with E-state index in [2.05, 4.69) is 34.5 Å². The number of alkyl halides is 2. The molecule has 0 radical (unpaired) electrons. The predicted octanol–water partition coefficient (Wildman–Crippen LogP) is 5.59. The topological polar surface area (TPSA) is 68.7 Å². The Hall–Kier alpha value is -2.84. The zero-order chi connectivity index (χ0) is 26.5. The molecule has 1 aromatic carbocycles. The van der Waals surface area contributed by atoms with Crippen LogP contribution in [0.1, 0.15) is 67.0 Å². The number of nitrogens with one attached hydrogen (secondary N) is 1. The van der Waals surface area contributed by atoms with Gasteiger partial charge in [0.2, 0.25) is 5.92 Å². The number of carbonyl (C=O) groups is 1. The van der Waals surface area contributed by atoms with Gasteiger partial charge in [-0.15, -0.1) is 0 Å². The highest BCUT2D eigenvalue weighted by molar-refractivity contribution is 5.66. The molecule has 0 saturated heterocycles. The maximum Gasteiger partial charge on any atom is 0.407 e. The van der Waals surface area contributed by atoms with Gasteiger partial charge >= 0.3 is 6.09 Å². The van der Waals surface area contributed by atoms with E-state index in [1.807, 2.05) is 30.5 Å². The summed E-state index contributed by atoms with van der Waals surface area (Å²) in [6.07, 6.45) is 9.88. The molecule has 2 unspecified atom stereocenters. The SMILES string of the molecule is O=C(O)N1Cc2ccccc2CC1CN(C/C=C/CNC1CCC(F)(F)CC1)C1CCCc2cccnc21. The number of hydrogen-bond donors (Lipinski definition) is 2. The fourth-order valence-corrected chi connectivity index (χ4v) is 6.29. The lowest BCUT2D eigenvalue weighted by Gasteiger charge is -2.41. The molecule has 3 aliphatic rings. The van der Waals surface area contributed by atoms with Gasteiger partial charge in [-0.05, 0) is 61.3 Å². The zero-order valence-electron chi connectivity index (χ0n) is 21.9. The third-order valence-electron chi connectivity index (χ3n) is 8.40. The Morgan fingerprint density at radius 3 is 2.66 bits per heavy atom. The van der Waals surface area contributed by atoms with Crippen molar-refractivity contribution in [3.63, 3.8) is 0 Å². The summed E-state index contributed by atoms with van der Waals surface area (Å²) in [6.45, 7) is 2.35. The summed E-state index contributed by atoms with van der Waals surface area (Å²) in [5, 5.41) is 13.4. The Balaban J connectivity index is 1.29. The van der Waals surface area contributed by atoms with E-state index in [9.17, 15) is 18.7 Å². The molecular formula is C30H38F2N4O2. The van der Waals surface area contributed by atoms with Crippen LogP contribution in [0.15, 0.2) is 54.7 Å². The summed E-state index contributed by atoms with van der Waals surface area (Å²) in [5.41, 5.74) is 4.67. The number of pyridine rings is 1. The first-order valence-corrected chi connectivity index (χ1v) is 13.9. The van der Waals surface area contributed by atoms with Gasteiger partial charge in [0.25, 0.3) is 0 Å². The first-order valence-electron chi connectivity index (χ1n) is 13.9. The lowest BCUT2D eigenvalue weighted by molar-refractivity contribution is -0.0401. The van der Waals surface area contributed by atoms with E-state index in [1.165, 1.54) is 11.1 Å². The summed E-state index contributed by atoms with van der Waals surface area (Å²) in [4.78, 5) is 21.0. The minimum Gasteiger partial charge on any atom is -0.465 e. The molecule has 1 fully saturated rings. The highest BCUT2D eigenvalue weighted by atomic mass is 19.3. The fraction of sp³-hybridized carbons (Fsp3) is 0.533. The number of rotatable bonds is 8. The number of benzene rings is 1. The summed E-state index contributed by atoms with van der Waals surface area (Å²) in [6, 6.07) is 12.4. The molecule has 2 heterocycles. The summed E-state index contributed by atoms with van der Waals surface area (Å²) < 4.78 is 26.9. The maximum absolute atomic E-state index is 13.5. The molecule has 1 aromatic heterocycles. The van der Waals surface area contributed by atoms with Crippen LogP contribution < -0.4 is 5.32 Å². The minimum absolute atomic E-state index is 0.0408. The molecule has 2 aromatic rings. The summed E-state index contributed by atoms with van der Waals surface area (Å²) in [7, 11) is 0. The Morgan fingerprint density at radius 2 is 1.87 bits per heavy atom. The molecular weight excluding hydrogens is 486 g/mol. The molecule has 1 aliphatic heterocycles. The second-order valence-electron chi connectivity index (χ2n) is 11.0. The molecule has 2 atom stereocenters. The van der Waals surface area contributed by atoms with Crippen molar-refractivity contribution in [3.8, 4) is 0 Å². The lowest BCUT2D eigenvalue weighted by Crippen LogP contribution is -2.50. The monoisotopic (exact) mass is 524 g/mol. The van der Waals surface area contributed by atoms with E-state index >= 15 is 0 Å². The molecule has 204 valence electrons. The Labute approximate surface area is 223 Å². The smallest absolute Gasteiger partial charge is 0.407 e. The quantitative estimate of drug-likeness (QED) is 0.441. The second-order valence-corrected chi connectivity index (χ2v) is 11.0. The van der Waals surface area contributed by atoms with Crippen molar-refractivity contribution in [3.05, 3.63) is 77.1 Å². The number of amides is 1. The average Bonchev–Trinajstić information content (AvgIpc) is 2.92. The number of halogens is 2. The van der Waals surface area contributed by atoms with Crippen molar-refractivity contribution >= 4 is 6.09 Å². The number of carboxylic acid groups (broad SMARTS) is 1. The lowest BCUT2D eigenvalue weighted by atomic mass is 9.89. The van der Waals surface area contributed by atoms with Gasteiger partial charge in [-0.2, -0.15) is 0 Å². The highest BCUT2D eigenvalue weighted by Gasteiger charge is 2.35. The van der Waals surface area contributed by atoms with Gasteiger partial charge in [0, 0.05) is 51.3 Å². The Bertz CT molecular complexity index is 1130. The number of fused-ring (bicyclic) bond motifs is 2. The van der Waals surface area contributed by atoms with Gasteiger partial charge in [0.05, 0.1) is 17.8 Å². The predicted molar refractivity (Wildman–Crippen MR) is 143 cm³/mol. The first-order chi connectivity index (χ1) is 18.4. The number of hydrogen-bond acceptors (Lipinski definition) is 4. The van der Waals surface area contributed by atoms with Crippen molar-refractivity contribution in [2.24, 2.45) is 0 Å². The van der Waals surface area contributed by atoms with E-state index in [4.69, 9.17) is 4.98 Å². The van der Waals surface area contributed by atoms with Crippen LogP contribution in [0.5, 0.6) is 0 Å². The normalized spacial score (nSPS) is 23.4. The van der Waals surface area contributed by atoms with Crippen molar-refractivity contribution in [1.29, 1.82) is 0 Å². The summed E-state index contributed by atoms with van der Waals surface area (Å²) >= 11 is 0. The van der Waals surface area contributed by atoms with Crippen LogP contribution in [0.25, 0.3) is 0 Å². The third kappa shape index (κ3) is 6.41. The van der Waals surface area contributed by atoms with Gasteiger partial charge in [-0.25, -0.2) is 13.6 Å². The Kier molecular flexibility index (Phi) is 8.39. The van der Waals surface area contributed by atoms with Crippen molar-refractivity contribution in [2.75, 3.05) is 19.6 Å². The molecule has 5 rings (SSSR count). The average molecular weight is 525 g/mol. The molecule has 2 N–H and O–H groups in total. The van der Waals surface area contributed by atoms with E-state index < -0.39 is 12.0 Å². The molecule has 0 bridgehead atoms. The van der Waals surface area contributed by atoms with E-state index in [0.717, 1.165) is 30.5 Å². The molecule has 38 heavy (non-hydrogen) atoms. The van der Waals surface area contributed by atoms with E-state index in [1.54, 1.807) is 4.90 Å². The van der Waals surface area contributed by atoms with Crippen LogP contribution >= 0.6 is 0 Å². The standard InChI is InChI=1S/C30H38F2N4O2/c31-30(32)14-12-25(13-15-30)33-16-3-4-18-35(27-11-5-9-22-10-6-17-34-28(22)27)21-26-19-23-7-1-2-8-24(23)20-36(26)29(37)38/h1-4,6-8,10,17,25-27,33H,5,9,11-16,18-21H2,(H,37,38)/b4-3+. The third-order valence-corrected chi connectivity index (χ3v) is 8.40. The maximum atomic E-state index is 13.5. The molecule has 6 nitrogen and oxygen atoms in total. The summed E-state index contributed by atoms with van der Waals surface area (Å²) in [5.74, 6) is -2.51. The van der Waals surface area contributed by atoms with Crippen molar-refractivity contribution in [1.82, 2.24) is 20.1 Å². The second kappa shape index (κ2) is 11.9. The molecule has 2 aliphatic carbocycles. The zero-order valence-corrected chi connectivity index (χ0v) is 21.9. The van der Waals surface area contributed by atoms with Crippen LogP contribution in [0.2, 0.25) is 0 Å². The van der Waals surface area contributed by atoms with Crippen LogP contribution in [-0.4, -0.2) is 63.6 Å². The number of aromatic nitrogens is 1. The van der Waals surface area contributed by atoms with Crippen LogP contribution in [0.4, 0.5) is 13.6 Å². The van der Waals surface area contributed by atoms with Crippen LogP contribution in [-0.2, 0) is 19.4 Å². The van der Waals surface area contributed by atoms with Crippen LogP contribution in [0, 0.1) is 0 Å². The van der Waals surface area contributed by atoms with Crippen molar-refractivity contribution in [2.45, 2.75) is 82.0 Å². The largest absolute Gasteiger partial charge is 0.465 e. The van der Waals surface area contributed by atoms with Gasteiger partial charge < -0.3 is 10.4 Å². The van der Waals surface area contributed by atoms with Crippen molar-refractivity contribution < 1.29 is 18.7 Å². The molecule has 0 spiro atoms. The van der Waals surface area contributed by atoms with Crippen LogP contribution in [0.3, 0.4) is 0 Å². The van der Waals surface area contributed by atoms with E-state index in [0.29, 0.717) is 45.4 Å². The molecule has 1 amide bonds. The van der Waals surface area contributed by atoms with Gasteiger partial charge in [0.15, 0.2) is 0 Å². The molecule has 8 heteroatoms. The van der Waals surface area contributed by atoms with E-state index in [-0.39, 0.29) is 31.0 Å². The molecule has 1 saturated carbocycles. The van der Waals surface area contributed by atoms with Gasteiger partial charge in [-0.1, -0.05) is 42.5 Å². The van der Waals surface area contributed by atoms with Gasteiger partial charge in [0.1, 0.15) is 0 Å².